The van der Waals surface area contributed by atoms with Crippen LogP contribution in [0.2, 0.25) is 0 Å². The first-order valence-electron chi connectivity index (χ1n) is 5.83. The fraction of sp³-hybridized carbons (Fsp3) is 0.200. The quantitative estimate of drug-likeness (QED) is 0.815. The Labute approximate surface area is 107 Å². The third-order valence-corrected chi connectivity index (χ3v) is 2.61. The van der Waals surface area contributed by atoms with E-state index in [0.717, 1.165) is 11.3 Å². The van der Waals surface area contributed by atoms with Crippen LogP contribution >= 0.6 is 0 Å². The second kappa shape index (κ2) is 5.33. The van der Waals surface area contributed by atoms with E-state index in [0.29, 0.717) is 17.4 Å². The van der Waals surface area contributed by atoms with E-state index in [1.165, 1.54) is 0 Å². The Morgan fingerprint density at radius 1 is 1.22 bits per heavy atom. The number of nitriles is 1. The van der Waals surface area contributed by atoms with Gasteiger partial charge in [0.1, 0.15) is 23.3 Å². The summed E-state index contributed by atoms with van der Waals surface area (Å²) < 4.78 is 5.82. The Balaban J connectivity index is 2.31. The summed E-state index contributed by atoms with van der Waals surface area (Å²) in [4.78, 5) is 3.92. The minimum Gasteiger partial charge on any atom is -0.457 e. The topological polar surface area (TPSA) is 45.9 Å². The number of hydrogen-bond acceptors (Lipinski definition) is 3. The zero-order valence-electron chi connectivity index (χ0n) is 10.4. The fourth-order valence-corrected chi connectivity index (χ4v) is 1.71. The summed E-state index contributed by atoms with van der Waals surface area (Å²) in [5.74, 6) is 1.84. The maximum absolute atomic E-state index is 8.80. The van der Waals surface area contributed by atoms with Gasteiger partial charge in [-0.25, -0.2) is 4.98 Å². The largest absolute Gasteiger partial charge is 0.457 e. The van der Waals surface area contributed by atoms with Crippen molar-refractivity contribution >= 4 is 0 Å². The van der Waals surface area contributed by atoms with Crippen molar-refractivity contribution < 1.29 is 4.74 Å². The lowest BCUT2D eigenvalue weighted by Crippen LogP contribution is -1.94. The number of pyridine rings is 1. The summed E-state index contributed by atoms with van der Waals surface area (Å²) in [6.07, 6.45) is 1.58. The molecule has 0 unspecified atom stereocenters. The summed E-state index contributed by atoms with van der Waals surface area (Å²) >= 11 is 0. The maximum Gasteiger partial charge on any atom is 0.144 e. The molecular weight excluding hydrogens is 224 g/mol. The third-order valence-electron chi connectivity index (χ3n) is 2.61. The molecule has 1 aromatic heterocycles. The van der Waals surface area contributed by atoms with E-state index < -0.39 is 0 Å². The summed E-state index contributed by atoms with van der Waals surface area (Å²) in [6.45, 7) is 4.24. The molecular formula is C15H14N2O. The van der Waals surface area contributed by atoms with Crippen molar-refractivity contribution in [1.29, 1.82) is 5.26 Å². The van der Waals surface area contributed by atoms with Gasteiger partial charge >= 0.3 is 0 Å². The highest BCUT2D eigenvalue weighted by molar-refractivity contribution is 5.40. The molecule has 0 saturated heterocycles. The number of nitrogens with zero attached hydrogens (tertiary/aromatic N) is 2. The normalized spacial score (nSPS) is 10.1. The van der Waals surface area contributed by atoms with Crippen molar-refractivity contribution in [2.45, 2.75) is 19.8 Å². The molecule has 0 atom stereocenters. The summed E-state index contributed by atoms with van der Waals surface area (Å²) in [5, 5.41) is 8.80. The van der Waals surface area contributed by atoms with Crippen LogP contribution in [0.25, 0.3) is 0 Å². The Kier molecular flexibility index (Phi) is 3.59. The van der Waals surface area contributed by atoms with Crippen molar-refractivity contribution in [3.8, 4) is 17.6 Å². The minimum absolute atomic E-state index is 0.356. The van der Waals surface area contributed by atoms with E-state index in [-0.39, 0.29) is 0 Å². The molecule has 0 aliphatic heterocycles. The molecule has 90 valence electrons. The molecule has 2 rings (SSSR count). The molecule has 0 N–H and O–H groups in total. The summed E-state index contributed by atoms with van der Waals surface area (Å²) in [5.41, 5.74) is 1.50. The number of hydrogen-bond donors (Lipinski definition) is 0. The van der Waals surface area contributed by atoms with Crippen LogP contribution < -0.4 is 4.74 Å². The van der Waals surface area contributed by atoms with Crippen LogP contribution in [-0.2, 0) is 0 Å². The Morgan fingerprint density at radius 3 is 2.72 bits per heavy atom. The van der Waals surface area contributed by atoms with Gasteiger partial charge in [0, 0.05) is 12.3 Å². The van der Waals surface area contributed by atoms with Gasteiger partial charge in [0.25, 0.3) is 0 Å². The molecule has 0 aliphatic carbocycles. The third kappa shape index (κ3) is 2.67. The Bertz CT molecular complexity index is 585. The van der Waals surface area contributed by atoms with Crippen LogP contribution in [0.15, 0.2) is 42.6 Å². The van der Waals surface area contributed by atoms with Crippen LogP contribution in [0.4, 0.5) is 0 Å². The van der Waals surface area contributed by atoms with E-state index in [9.17, 15) is 0 Å². The monoisotopic (exact) mass is 238 g/mol. The highest BCUT2D eigenvalue weighted by atomic mass is 16.5. The summed E-state index contributed by atoms with van der Waals surface area (Å²) in [7, 11) is 0. The summed E-state index contributed by atoms with van der Waals surface area (Å²) in [6, 6.07) is 13.3. The van der Waals surface area contributed by atoms with Crippen molar-refractivity contribution in [2.24, 2.45) is 0 Å². The number of para-hydroxylation sites is 1. The highest BCUT2D eigenvalue weighted by Gasteiger charge is 2.08. The first-order valence-corrected chi connectivity index (χ1v) is 5.83. The van der Waals surface area contributed by atoms with E-state index in [1.807, 2.05) is 30.3 Å². The molecule has 3 nitrogen and oxygen atoms in total. The molecule has 1 aromatic carbocycles. The Morgan fingerprint density at radius 2 is 2.00 bits per heavy atom. The molecule has 3 heteroatoms. The average Bonchev–Trinajstić information content (AvgIpc) is 2.39. The van der Waals surface area contributed by atoms with Crippen molar-refractivity contribution in [3.05, 3.63) is 53.9 Å². The van der Waals surface area contributed by atoms with Crippen molar-refractivity contribution in [1.82, 2.24) is 4.98 Å². The second-order valence-electron chi connectivity index (χ2n) is 4.28. The van der Waals surface area contributed by atoms with Gasteiger partial charge in [0.05, 0.1) is 0 Å². The van der Waals surface area contributed by atoms with Gasteiger partial charge < -0.3 is 4.74 Å². The standard InChI is InChI=1S/C15H14N2O/c1-11(2)14-5-3-4-6-15(14)18-13-7-8-17-12(9-13)10-16/h3-9,11H,1-2H3. The zero-order valence-corrected chi connectivity index (χ0v) is 10.4. The minimum atomic E-state index is 0.356. The molecule has 1 heterocycles. The molecule has 0 bridgehead atoms. The number of rotatable bonds is 3. The second-order valence-corrected chi connectivity index (χ2v) is 4.28. The molecule has 0 amide bonds. The average molecular weight is 238 g/mol. The van der Waals surface area contributed by atoms with Gasteiger partial charge in [-0.05, 0) is 23.6 Å². The first kappa shape index (κ1) is 12.1. The van der Waals surface area contributed by atoms with Crippen molar-refractivity contribution in [3.63, 3.8) is 0 Å². The van der Waals surface area contributed by atoms with E-state index in [4.69, 9.17) is 10.00 Å². The Hall–Kier alpha value is -2.34. The van der Waals surface area contributed by atoms with Crippen LogP contribution in [0, 0.1) is 11.3 Å². The maximum atomic E-state index is 8.80. The van der Waals surface area contributed by atoms with Gasteiger partial charge in [0.15, 0.2) is 0 Å². The molecule has 0 spiro atoms. The van der Waals surface area contributed by atoms with Gasteiger partial charge in [-0.1, -0.05) is 32.0 Å². The molecule has 0 fully saturated rings. The van der Waals surface area contributed by atoms with Crippen LogP contribution in [0.1, 0.15) is 31.0 Å². The smallest absolute Gasteiger partial charge is 0.144 e. The number of benzene rings is 1. The van der Waals surface area contributed by atoms with Gasteiger partial charge in [-0.2, -0.15) is 5.26 Å². The van der Waals surface area contributed by atoms with Gasteiger partial charge in [-0.3, -0.25) is 0 Å². The molecule has 18 heavy (non-hydrogen) atoms. The van der Waals surface area contributed by atoms with Crippen LogP contribution in [0.5, 0.6) is 11.5 Å². The molecule has 0 saturated carbocycles. The number of aromatic nitrogens is 1. The van der Waals surface area contributed by atoms with Crippen molar-refractivity contribution in [2.75, 3.05) is 0 Å². The zero-order chi connectivity index (χ0) is 13.0. The SMILES string of the molecule is CC(C)c1ccccc1Oc1ccnc(C#N)c1. The molecule has 2 aromatic rings. The number of ether oxygens (including phenoxy) is 1. The lowest BCUT2D eigenvalue weighted by molar-refractivity contribution is 0.472. The van der Waals surface area contributed by atoms with E-state index in [1.54, 1.807) is 18.3 Å². The van der Waals surface area contributed by atoms with Crippen LogP contribution in [0.3, 0.4) is 0 Å². The predicted molar refractivity (Wildman–Crippen MR) is 69.6 cm³/mol. The van der Waals surface area contributed by atoms with Gasteiger partial charge in [0.2, 0.25) is 0 Å². The van der Waals surface area contributed by atoms with Gasteiger partial charge in [-0.15, -0.1) is 0 Å². The molecule has 0 radical (unpaired) electrons. The highest BCUT2D eigenvalue weighted by Crippen LogP contribution is 2.30. The molecule has 0 aliphatic rings. The van der Waals surface area contributed by atoms with Crippen LogP contribution in [-0.4, -0.2) is 4.98 Å². The van der Waals surface area contributed by atoms with E-state index >= 15 is 0 Å². The lowest BCUT2D eigenvalue weighted by atomic mass is 10.0. The first-order chi connectivity index (χ1) is 8.70. The van der Waals surface area contributed by atoms with E-state index in [2.05, 4.69) is 18.8 Å². The fourth-order valence-electron chi connectivity index (χ4n) is 1.71. The predicted octanol–water partition coefficient (Wildman–Crippen LogP) is 3.87. The lowest BCUT2D eigenvalue weighted by Gasteiger charge is -2.13.